The number of unbranched alkanes of at least 4 members (excludes halogenated alkanes) is 64. The lowest BCUT2D eigenvalue weighted by Crippen LogP contribution is -2.28. The third kappa shape index (κ3) is 69.4. The molecule has 0 aromatic rings. The number of carbonyl (C=O) groups excluding carboxylic acids is 2. The van der Waals surface area contributed by atoms with E-state index in [-0.39, 0.29) is 25.2 Å². The molecule has 0 fully saturated rings. The van der Waals surface area contributed by atoms with Gasteiger partial charge in [-0.25, -0.2) is 0 Å². The van der Waals surface area contributed by atoms with Crippen molar-refractivity contribution in [1.29, 1.82) is 0 Å². The zero-order valence-electron chi connectivity index (χ0n) is 55.2. The first-order valence-electron chi connectivity index (χ1n) is 37.6. The second-order valence-corrected chi connectivity index (χ2v) is 26.1. The van der Waals surface area contributed by atoms with Crippen molar-refractivity contribution in [1.82, 2.24) is 0 Å². The van der Waals surface area contributed by atoms with Crippen LogP contribution in [-0.2, 0) is 19.1 Å². The van der Waals surface area contributed by atoms with E-state index in [2.05, 4.69) is 13.8 Å². The van der Waals surface area contributed by atoms with E-state index >= 15 is 0 Å². The molecule has 80 heavy (non-hydrogen) atoms. The third-order valence-corrected chi connectivity index (χ3v) is 17.9. The molecule has 0 amide bonds. The Bertz CT molecular complexity index is 1140. The summed E-state index contributed by atoms with van der Waals surface area (Å²) in [7, 11) is 0. The Kier molecular flexibility index (Phi) is 71.2. The molecular formula is C75H148O5. The summed E-state index contributed by atoms with van der Waals surface area (Å²) >= 11 is 0. The Morgan fingerprint density at radius 1 is 0.237 bits per heavy atom. The third-order valence-electron chi connectivity index (χ3n) is 17.9. The summed E-state index contributed by atoms with van der Waals surface area (Å²) in [5.41, 5.74) is 0. The van der Waals surface area contributed by atoms with Gasteiger partial charge in [-0.2, -0.15) is 0 Å². The minimum Gasteiger partial charge on any atom is -0.462 e. The number of carbonyl (C=O) groups is 2. The lowest BCUT2D eigenvalue weighted by Gasteiger charge is -2.15. The SMILES string of the molecule is CCCCCCCCCCCCCCCCCCCCCCCCCCCCCCCCCCCCC(=O)OC(CO)COC(=O)CCCCCCCCCCCCCCCCCCCCCCCCCCCCCCCCCC. The Balaban J connectivity index is 3.34. The molecule has 0 bridgehead atoms. The van der Waals surface area contributed by atoms with Crippen LogP contribution in [0.15, 0.2) is 0 Å². The van der Waals surface area contributed by atoms with E-state index in [1.165, 1.54) is 392 Å². The number of rotatable bonds is 72. The Morgan fingerprint density at radius 3 is 0.550 bits per heavy atom. The van der Waals surface area contributed by atoms with E-state index in [0.717, 1.165) is 32.1 Å². The van der Waals surface area contributed by atoms with Gasteiger partial charge in [0.2, 0.25) is 0 Å². The average molecular weight is 1130 g/mol. The fourth-order valence-electron chi connectivity index (χ4n) is 12.3. The molecule has 0 aliphatic carbocycles. The van der Waals surface area contributed by atoms with Gasteiger partial charge in [0.25, 0.3) is 0 Å². The molecule has 0 aromatic heterocycles. The van der Waals surface area contributed by atoms with Gasteiger partial charge < -0.3 is 14.6 Å². The molecule has 0 heterocycles. The quantitative estimate of drug-likeness (QED) is 0.0485. The Labute approximate surface area is 503 Å². The maximum Gasteiger partial charge on any atom is 0.306 e. The highest BCUT2D eigenvalue weighted by molar-refractivity contribution is 5.70. The summed E-state index contributed by atoms with van der Waals surface area (Å²) in [6.07, 6.45) is 91.8. The topological polar surface area (TPSA) is 72.8 Å². The summed E-state index contributed by atoms with van der Waals surface area (Å²) in [6, 6.07) is 0. The van der Waals surface area contributed by atoms with Crippen LogP contribution in [0, 0.1) is 0 Å². The highest BCUT2D eigenvalue weighted by atomic mass is 16.6. The first kappa shape index (κ1) is 78.9. The molecule has 0 saturated heterocycles. The largest absolute Gasteiger partial charge is 0.462 e. The van der Waals surface area contributed by atoms with Crippen molar-refractivity contribution < 1.29 is 24.2 Å². The average Bonchev–Trinajstić information content (AvgIpc) is 3.46. The van der Waals surface area contributed by atoms with Gasteiger partial charge in [-0.1, -0.05) is 425 Å². The number of aliphatic hydroxyl groups excluding tert-OH is 1. The van der Waals surface area contributed by atoms with Gasteiger partial charge in [0, 0.05) is 12.8 Å². The summed E-state index contributed by atoms with van der Waals surface area (Å²) in [5, 5.41) is 9.71. The van der Waals surface area contributed by atoms with Crippen molar-refractivity contribution in [2.24, 2.45) is 0 Å². The minimum absolute atomic E-state index is 0.0552. The Hall–Kier alpha value is -1.10. The van der Waals surface area contributed by atoms with Crippen LogP contribution < -0.4 is 0 Å². The molecule has 1 N–H and O–H groups in total. The van der Waals surface area contributed by atoms with Crippen molar-refractivity contribution >= 4 is 11.9 Å². The summed E-state index contributed by atoms with van der Waals surface area (Å²) in [5.74, 6) is -0.557. The van der Waals surface area contributed by atoms with Gasteiger partial charge in [0.15, 0.2) is 6.10 Å². The molecule has 5 heteroatoms. The van der Waals surface area contributed by atoms with Crippen LogP contribution in [0.4, 0.5) is 0 Å². The highest BCUT2D eigenvalue weighted by Gasteiger charge is 2.16. The van der Waals surface area contributed by atoms with Gasteiger partial charge >= 0.3 is 11.9 Å². The van der Waals surface area contributed by atoms with Gasteiger partial charge in [-0.3, -0.25) is 9.59 Å². The standard InChI is InChI=1S/C75H148O5/c1-3-5-7-9-11-13-15-17-19-21-23-25-27-29-31-33-35-37-38-40-42-44-46-48-50-52-54-56-58-60-62-64-66-68-70-75(78)80-73(71-76)72-79-74(77)69-67-65-63-61-59-57-55-53-51-49-47-45-43-41-39-36-34-32-30-28-26-24-22-20-18-16-14-12-10-8-6-4-2/h73,76H,3-72H2,1-2H3. The smallest absolute Gasteiger partial charge is 0.306 e. The second-order valence-electron chi connectivity index (χ2n) is 26.1. The lowest BCUT2D eigenvalue weighted by atomic mass is 10.0. The lowest BCUT2D eigenvalue weighted by molar-refractivity contribution is -0.161. The first-order valence-corrected chi connectivity index (χ1v) is 37.6. The van der Waals surface area contributed by atoms with Crippen molar-refractivity contribution in [2.75, 3.05) is 13.2 Å². The van der Waals surface area contributed by atoms with E-state index in [9.17, 15) is 14.7 Å². The van der Waals surface area contributed by atoms with E-state index in [4.69, 9.17) is 9.47 Å². The van der Waals surface area contributed by atoms with Crippen LogP contribution in [0.2, 0.25) is 0 Å². The molecule has 0 spiro atoms. The summed E-state index contributed by atoms with van der Waals surface area (Å²) < 4.78 is 10.8. The number of hydrogen-bond donors (Lipinski definition) is 1. The van der Waals surface area contributed by atoms with Gasteiger partial charge in [0.05, 0.1) is 6.61 Å². The minimum atomic E-state index is -0.766. The summed E-state index contributed by atoms with van der Waals surface area (Å²) in [6.45, 7) is 4.23. The van der Waals surface area contributed by atoms with E-state index in [1.807, 2.05) is 0 Å². The molecule has 0 rings (SSSR count). The van der Waals surface area contributed by atoms with Crippen molar-refractivity contribution in [2.45, 2.75) is 457 Å². The predicted molar refractivity (Wildman–Crippen MR) is 353 cm³/mol. The van der Waals surface area contributed by atoms with E-state index < -0.39 is 6.10 Å². The molecule has 0 radical (unpaired) electrons. The second kappa shape index (κ2) is 72.2. The molecule has 0 aromatic carbocycles. The molecule has 478 valence electrons. The maximum absolute atomic E-state index is 12.4. The number of aliphatic hydroxyl groups is 1. The molecule has 5 nitrogen and oxygen atoms in total. The van der Waals surface area contributed by atoms with Gasteiger partial charge in [0.1, 0.15) is 6.61 Å². The van der Waals surface area contributed by atoms with Crippen molar-refractivity contribution in [3.05, 3.63) is 0 Å². The van der Waals surface area contributed by atoms with Gasteiger partial charge in [-0.05, 0) is 12.8 Å². The fourth-order valence-corrected chi connectivity index (χ4v) is 12.3. The maximum atomic E-state index is 12.4. The first-order chi connectivity index (χ1) is 39.6. The van der Waals surface area contributed by atoms with Crippen LogP contribution in [0.3, 0.4) is 0 Å². The molecule has 1 atom stereocenters. The monoisotopic (exact) mass is 1130 g/mol. The van der Waals surface area contributed by atoms with Crippen LogP contribution in [0.25, 0.3) is 0 Å². The molecule has 1 unspecified atom stereocenters. The highest BCUT2D eigenvalue weighted by Crippen LogP contribution is 2.20. The van der Waals surface area contributed by atoms with Crippen LogP contribution in [-0.4, -0.2) is 36.4 Å². The zero-order chi connectivity index (χ0) is 57.6. The Morgan fingerprint density at radius 2 is 0.388 bits per heavy atom. The zero-order valence-corrected chi connectivity index (χ0v) is 55.2. The normalized spacial score (nSPS) is 12.0. The van der Waals surface area contributed by atoms with E-state index in [1.54, 1.807) is 0 Å². The van der Waals surface area contributed by atoms with E-state index in [0.29, 0.717) is 12.8 Å². The summed E-state index contributed by atoms with van der Waals surface area (Å²) in [4.78, 5) is 24.7. The molecular weight excluding hydrogens is 981 g/mol. The van der Waals surface area contributed by atoms with Crippen molar-refractivity contribution in [3.63, 3.8) is 0 Å². The number of ether oxygens (including phenoxy) is 2. The molecule has 0 aliphatic rings. The van der Waals surface area contributed by atoms with Crippen LogP contribution in [0.1, 0.15) is 450 Å². The fraction of sp³-hybridized carbons (Fsp3) is 0.973. The van der Waals surface area contributed by atoms with Gasteiger partial charge in [-0.15, -0.1) is 0 Å². The van der Waals surface area contributed by atoms with Crippen molar-refractivity contribution in [3.8, 4) is 0 Å². The number of hydrogen-bond acceptors (Lipinski definition) is 5. The van der Waals surface area contributed by atoms with Crippen LogP contribution in [0.5, 0.6) is 0 Å². The van der Waals surface area contributed by atoms with Crippen LogP contribution >= 0.6 is 0 Å². The predicted octanol–water partition coefficient (Wildman–Crippen LogP) is 26.0. The molecule has 0 aliphatic heterocycles. The number of esters is 2. The molecule has 0 saturated carbocycles.